The zero-order chi connectivity index (χ0) is 34.5. The Morgan fingerprint density at radius 1 is 0.365 bits per heavy atom. The monoisotopic (exact) mass is 680 g/mol. The smallest absolute Gasteiger partial charge is 0.184 e. The van der Waals surface area contributed by atoms with Crippen molar-refractivity contribution < 1.29 is 0 Å². The van der Waals surface area contributed by atoms with E-state index in [2.05, 4.69) is 162 Å². The van der Waals surface area contributed by atoms with Crippen LogP contribution in [-0.2, 0) is 0 Å². The predicted molar refractivity (Wildman–Crippen MR) is 216 cm³/mol. The van der Waals surface area contributed by atoms with Crippen LogP contribution in [0.3, 0.4) is 0 Å². The van der Waals surface area contributed by atoms with Gasteiger partial charge >= 0.3 is 0 Å². The molecule has 0 bridgehead atoms. The number of benzene rings is 7. The summed E-state index contributed by atoms with van der Waals surface area (Å²) in [5.41, 5.74) is 7.75. The van der Waals surface area contributed by atoms with Crippen LogP contribution in [0.25, 0.3) is 62.0 Å². The van der Waals surface area contributed by atoms with Crippen LogP contribution in [0, 0.1) is 0 Å². The Kier molecular flexibility index (Phi) is 7.11. The number of hydrogen-bond donors (Lipinski definition) is 0. The lowest BCUT2D eigenvalue weighted by Gasteiger charge is -2.32. The highest BCUT2D eigenvalue weighted by molar-refractivity contribution is 7.23. The summed E-state index contributed by atoms with van der Waals surface area (Å²) >= 11 is 0. The molecule has 0 unspecified atom stereocenters. The molecule has 0 radical (unpaired) electrons. The third kappa shape index (κ3) is 4.57. The Labute approximate surface area is 303 Å². The maximum absolute atomic E-state index is 5.31. The van der Waals surface area contributed by atoms with Gasteiger partial charge in [-0.2, -0.15) is 0 Å². The van der Waals surface area contributed by atoms with E-state index in [0.717, 1.165) is 22.4 Å². The van der Waals surface area contributed by atoms with Gasteiger partial charge in [-0.15, -0.1) is 0 Å². The molecule has 0 fully saturated rings. The van der Waals surface area contributed by atoms with E-state index in [1.807, 2.05) is 36.4 Å². The average molecular weight is 681 g/mol. The van der Waals surface area contributed by atoms with E-state index >= 15 is 0 Å². The van der Waals surface area contributed by atoms with Crippen LogP contribution >= 0.6 is 0 Å². The van der Waals surface area contributed by atoms with E-state index in [-0.39, 0.29) is 0 Å². The maximum Gasteiger partial charge on any atom is 0.184 e. The van der Waals surface area contributed by atoms with Gasteiger partial charge < -0.3 is 4.57 Å². The zero-order valence-corrected chi connectivity index (χ0v) is 29.3. The van der Waals surface area contributed by atoms with Crippen molar-refractivity contribution in [1.29, 1.82) is 0 Å². The van der Waals surface area contributed by atoms with Gasteiger partial charge in [0.1, 0.15) is 0 Å². The number of rotatable bonds is 6. The van der Waals surface area contributed by atoms with E-state index < -0.39 is 8.07 Å². The van der Waals surface area contributed by atoms with Crippen LogP contribution in [0.2, 0.25) is 0 Å². The van der Waals surface area contributed by atoms with Crippen molar-refractivity contribution in [2.75, 3.05) is 0 Å². The first-order valence-corrected chi connectivity index (χ1v) is 19.6. The molecule has 52 heavy (non-hydrogen) atoms. The molecular weight excluding hydrogens is 649 g/mol. The second-order valence-electron chi connectivity index (χ2n) is 13.2. The summed E-state index contributed by atoms with van der Waals surface area (Å²) in [4.78, 5) is 15.7. The van der Waals surface area contributed by atoms with Crippen molar-refractivity contribution in [3.8, 4) is 51.1 Å². The molecule has 10 rings (SSSR count). The van der Waals surface area contributed by atoms with Crippen molar-refractivity contribution in [3.05, 3.63) is 194 Å². The first kappa shape index (κ1) is 30.2. The highest BCUT2D eigenvalue weighted by atomic mass is 28.3. The molecule has 7 aromatic carbocycles. The fraction of sp³-hybridized carbons (Fsp3) is 0. The highest BCUT2D eigenvalue weighted by Gasteiger charge is 2.53. The minimum absolute atomic E-state index is 0.656. The van der Waals surface area contributed by atoms with Crippen molar-refractivity contribution in [3.63, 3.8) is 0 Å². The average Bonchev–Trinajstić information content (AvgIpc) is 3.74. The molecule has 2 aromatic heterocycles. The van der Waals surface area contributed by atoms with Gasteiger partial charge in [0.2, 0.25) is 0 Å². The van der Waals surface area contributed by atoms with Gasteiger partial charge in [0.15, 0.2) is 25.5 Å². The molecule has 0 atom stereocenters. The first-order valence-electron chi connectivity index (χ1n) is 17.6. The quantitative estimate of drug-likeness (QED) is 0.167. The number of fused-ring (bicyclic) bond motifs is 5. The molecule has 0 saturated heterocycles. The minimum Gasteiger partial charge on any atom is -0.309 e. The van der Waals surface area contributed by atoms with Gasteiger partial charge in [-0.25, -0.2) is 15.0 Å². The first-order chi connectivity index (χ1) is 25.8. The predicted octanol–water partition coefficient (Wildman–Crippen LogP) is 8.17. The lowest BCUT2D eigenvalue weighted by atomic mass is 10.1. The third-order valence-corrected chi connectivity index (χ3v) is 15.3. The summed E-state index contributed by atoms with van der Waals surface area (Å²) < 4.78 is 2.48. The fourth-order valence-corrected chi connectivity index (χ4v) is 13.8. The highest BCUT2D eigenvalue weighted by Crippen LogP contribution is 2.39. The third-order valence-electron chi connectivity index (χ3n) is 10.3. The molecule has 244 valence electrons. The molecule has 0 aliphatic carbocycles. The van der Waals surface area contributed by atoms with E-state index in [1.54, 1.807) is 0 Å². The Morgan fingerprint density at radius 2 is 0.827 bits per heavy atom. The summed E-state index contributed by atoms with van der Waals surface area (Å²) in [6.45, 7) is 0. The SMILES string of the molecule is c1ccc(-c2nc(-c3ccccc3)nc(-c3cccc4c3[Si](c3ccccc3)(c3ccccc3)c3c-4n(-c4ccccc4)c4ccccc34)n2)cc1. The van der Waals surface area contributed by atoms with E-state index in [4.69, 9.17) is 15.0 Å². The number of nitrogens with zero attached hydrogens (tertiary/aromatic N) is 4. The van der Waals surface area contributed by atoms with Gasteiger partial charge in [-0.05, 0) is 44.5 Å². The Hall–Kier alpha value is -6.69. The van der Waals surface area contributed by atoms with Crippen LogP contribution in [0.15, 0.2) is 194 Å². The Bertz CT molecular complexity index is 2610. The standard InChI is InChI=1S/C47H32N4Si/c1-6-19-33(20-7-1)45-48-46(34-21-8-2-9-22-34)50-47(49-45)40-31-18-30-39-42-44(38-29-16-17-32-41(38)51(42)35-23-10-3-11-24-35)52(43(39)40,36-25-12-4-13-26-36)37-27-14-5-15-28-37/h1-32H. The van der Waals surface area contributed by atoms with Gasteiger partial charge in [0, 0.05) is 27.8 Å². The lowest BCUT2D eigenvalue weighted by molar-refractivity contribution is 1.08. The molecule has 0 N–H and O–H groups in total. The molecule has 9 aromatic rings. The summed E-state index contributed by atoms with van der Waals surface area (Å²) in [6, 6.07) is 69.2. The summed E-state index contributed by atoms with van der Waals surface area (Å²) in [6.07, 6.45) is 0. The molecule has 0 amide bonds. The van der Waals surface area contributed by atoms with Crippen molar-refractivity contribution in [2.24, 2.45) is 0 Å². The van der Waals surface area contributed by atoms with E-state index in [9.17, 15) is 0 Å². The van der Waals surface area contributed by atoms with E-state index in [1.165, 1.54) is 42.9 Å². The molecule has 4 nitrogen and oxygen atoms in total. The minimum atomic E-state index is -3.04. The maximum atomic E-state index is 5.31. The topological polar surface area (TPSA) is 43.6 Å². The number of hydrogen-bond acceptors (Lipinski definition) is 3. The molecule has 1 aliphatic rings. The normalized spacial score (nSPS) is 12.8. The summed E-state index contributed by atoms with van der Waals surface area (Å²) in [7, 11) is -3.04. The van der Waals surface area contributed by atoms with Crippen LogP contribution in [0.1, 0.15) is 0 Å². The molecule has 0 saturated carbocycles. The van der Waals surface area contributed by atoms with Crippen molar-refractivity contribution in [1.82, 2.24) is 19.5 Å². The second kappa shape index (κ2) is 12.3. The van der Waals surface area contributed by atoms with Gasteiger partial charge in [0.05, 0.1) is 11.2 Å². The van der Waals surface area contributed by atoms with Crippen LogP contribution < -0.4 is 20.7 Å². The summed E-state index contributed by atoms with van der Waals surface area (Å²) in [5, 5.41) is 6.62. The molecule has 3 heterocycles. The Balaban J connectivity index is 1.38. The number of aromatic nitrogens is 4. The lowest BCUT2D eigenvalue weighted by Crippen LogP contribution is -2.73. The van der Waals surface area contributed by atoms with Crippen molar-refractivity contribution >= 4 is 39.7 Å². The van der Waals surface area contributed by atoms with Crippen LogP contribution in [0.4, 0.5) is 0 Å². The number of para-hydroxylation sites is 2. The largest absolute Gasteiger partial charge is 0.309 e. The van der Waals surface area contributed by atoms with E-state index in [0.29, 0.717) is 17.5 Å². The summed E-state index contributed by atoms with van der Waals surface area (Å²) in [5.74, 6) is 1.99. The molecule has 1 aliphatic heterocycles. The molecular formula is C47H32N4Si. The fourth-order valence-electron chi connectivity index (χ4n) is 8.23. The van der Waals surface area contributed by atoms with Crippen molar-refractivity contribution in [2.45, 2.75) is 0 Å². The zero-order valence-electron chi connectivity index (χ0n) is 28.3. The molecule has 0 spiro atoms. The van der Waals surface area contributed by atoms with Gasteiger partial charge in [-0.3, -0.25) is 0 Å². The van der Waals surface area contributed by atoms with Crippen LogP contribution in [0.5, 0.6) is 0 Å². The second-order valence-corrected chi connectivity index (χ2v) is 16.8. The van der Waals surface area contributed by atoms with Gasteiger partial charge in [-0.1, -0.05) is 176 Å². The Morgan fingerprint density at radius 3 is 1.40 bits per heavy atom. The van der Waals surface area contributed by atoms with Gasteiger partial charge in [0.25, 0.3) is 0 Å². The molecule has 5 heteroatoms. The van der Waals surface area contributed by atoms with Crippen LogP contribution in [-0.4, -0.2) is 27.6 Å².